The van der Waals surface area contributed by atoms with Gasteiger partial charge in [-0.3, -0.25) is 10.2 Å². The van der Waals surface area contributed by atoms with E-state index in [9.17, 15) is 9.59 Å². The molecule has 7 nitrogen and oxygen atoms in total. The van der Waals surface area contributed by atoms with Crippen LogP contribution >= 0.6 is 0 Å². The van der Waals surface area contributed by atoms with Crippen LogP contribution in [-0.4, -0.2) is 73.3 Å². The zero-order chi connectivity index (χ0) is 12.0. The summed E-state index contributed by atoms with van der Waals surface area (Å²) in [4.78, 5) is 23.6. The molecule has 0 aromatic heterocycles. The van der Waals surface area contributed by atoms with Crippen LogP contribution < -0.4 is 5.43 Å². The largest absolute Gasteiger partial charge is 0.480 e. The molecule has 1 fully saturated rings. The number of hydrogen-bond acceptors (Lipinski definition) is 5. The van der Waals surface area contributed by atoms with Gasteiger partial charge in [-0.15, -0.1) is 0 Å². The molecule has 0 aromatic carbocycles. The normalized spacial score (nSPS) is 18.3. The van der Waals surface area contributed by atoms with Gasteiger partial charge in [0.1, 0.15) is 13.2 Å². The maximum atomic E-state index is 11.3. The second-order valence-corrected chi connectivity index (χ2v) is 3.71. The number of carboxylic acids is 1. The molecule has 0 spiro atoms. The average Bonchev–Trinajstić information content (AvgIpc) is 2.21. The monoisotopic (exact) mass is 231 g/mol. The number of ether oxygens (including phenoxy) is 1. The standard InChI is InChI=1S/C9H17N3O4/c1-11-2-4-12(5-3-11)10-8(13)6-16-7-9(14)15/h2-7H2,1H3,(H,10,13)(H,14,15). The van der Waals surface area contributed by atoms with Crippen molar-refractivity contribution in [3.63, 3.8) is 0 Å². The molecule has 16 heavy (non-hydrogen) atoms. The number of carbonyl (C=O) groups is 2. The fourth-order valence-corrected chi connectivity index (χ4v) is 1.36. The number of nitrogens with zero attached hydrogens (tertiary/aromatic N) is 2. The molecule has 0 aromatic rings. The van der Waals surface area contributed by atoms with Crippen LogP contribution in [-0.2, 0) is 14.3 Å². The number of nitrogens with one attached hydrogen (secondary N) is 1. The fourth-order valence-electron chi connectivity index (χ4n) is 1.36. The number of aliphatic carboxylic acids is 1. The van der Waals surface area contributed by atoms with Crippen molar-refractivity contribution in [2.45, 2.75) is 0 Å². The Morgan fingerprint density at radius 1 is 1.25 bits per heavy atom. The van der Waals surface area contributed by atoms with Gasteiger partial charge in [-0.1, -0.05) is 0 Å². The lowest BCUT2D eigenvalue weighted by Crippen LogP contribution is -2.53. The van der Waals surface area contributed by atoms with Crippen LogP contribution in [0.3, 0.4) is 0 Å². The zero-order valence-corrected chi connectivity index (χ0v) is 9.31. The summed E-state index contributed by atoms with van der Waals surface area (Å²) >= 11 is 0. The van der Waals surface area contributed by atoms with Gasteiger partial charge < -0.3 is 14.7 Å². The Hall–Kier alpha value is -1.18. The zero-order valence-electron chi connectivity index (χ0n) is 9.31. The number of hydrazine groups is 1. The number of amides is 1. The summed E-state index contributed by atoms with van der Waals surface area (Å²) in [5.74, 6) is -1.39. The second-order valence-electron chi connectivity index (χ2n) is 3.71. The third-order valence-corrected chi connectivity index (χ3v) is 2.24. The summed E-state index contributed by atoms with van der Waals surface area (Å²) in [5.41, 5.74) is 2.66. The Bertz CT molecular complexity index is 251. The van der Waals surface area contributed by atoms with E-state index in [2.05, 4.69) is 15.1 Å². The highest BCUT2D eigenvalue weighted by Gasteiger charge is 2.15. The van der Waals surface area contributed by atoms with Crippen molar-refractivity contribution in [1.29, 1.82) is 0 Å². The molecule has 0 bridgehead atoms. The molecule has 7 heteroatoms. The topological polar surface area (TPSA) is 82.1 Å². The van der Waals surface area contributed by atoms with Gasteiger partial charge in [-0.2, -0.15) is 0 Å². The summed E-state index contributed by atoms with van der Waals surface area (Å²) in [6.07, 6.45) is 0. The molecule has 1 rings (SSSR count). The number of rotatable bonds is 5. The SMILES string of the molecule is CN1CCN(NC(=O)COCC(=O)O)CC1. The molecule has 1 aliphatic heterocycles. The van der Waals surface area contributed by atoms with E-state index in [0.29, 0.717) is 0 Å². The van der Waals surface area contributed by atoms with E-state index in [1.807, 2.05) is 12.1 Å². The minimum absolute atomic E-state index is 0.224. The van der Waals surface area contributed by atoms with Crippen molar-refractivity contribution >= 4 is 11.9 Å². The summed E-state index contributed by atoms with van der Waals surface area (Å²) in [5, 5.41) is 10.1. The fraction of sp³-hybridized carbons (Fsp3) is 0.778. The highest BCUT2D eigenvalue weighted by molar-refractivity contribution is 5.77. The summed E-state index contributed by atoms with van der Waals surface area (Å²) in [6, 6.07) is 0. The van der Waals surface area contributed by atoms with E-state index >= 15 is 0 Å². The van der Waals surface area contributed by atoms with Crippen LogP contribution in [0.15, 0.2) is 0 Å². The van der Waals surface area contributed by atoms with Gasteiger partial charge in [0.15, 0.2) is 0 Å². The van der Waals surface area contributed by atoms with Crippen LogP contribution in [0.25, 0.3) is 0 Å². The van der Waals surface area contributed by atoms with Crippen molar-refractivity contribution in [1.82, 2.24) is 15.3 Å². The van der Waals surface area contributed by atoms with Gasteiger partial charge in [0.2, 0.25) is 0 Å². The Kier molecular flexibility index (Phi) is 5.17. The lowest BCUT2D eigenvalue weighted by molar-refractivity contribution is -0.144. The Balaban J connectivity index is 2.11. The van der Waals surface area contributed by atoms with Crippen LogP contribution in [0.1, 0.15) is 0 Å². The highest BCUT2D eigenvalue weighted by atomic mass is 16.5. The number of carboxylic acid groups (broad SMARTS) is 1. The molecule has 0 radical (unpaired) electrons. The average molecular weight is 231 g/mol. The van der Waals surface area contributed by atoms with Crippen LogP contribution in [0, 0.1) is 0 Å². The molecule has 0 unspecified atom stereocenters. The van der Waals surface area contributed by atoms with Gasteiger partial charge >= 0.3 is 5.97 Å². The maximum Gasteiger partial charge on any atom is 0.329 e. The van der Waals surface area contributed by atoms with Crippen LogP contribution in [0.2, 0.25) is 0 Å². The molecule has 2 N–H and O–H groups in total. The smallest absolute Gasteiger partial charge is 0.329 e. The van der Waals surface area contributed by atoms with Crippen molar-refractivity contribution in [2.24, 2.45) is 0 Å². The molecule has 0 aliphatic carbocycles. The van der Waals surface area contributed by atoms with Crippen molar-refractivity contribution < 1.29 is 19.4 Å². The third kappa shape index (κ3) is 5.06. The number of likely N-dealkylation sites (N-methyl/N-ethyl adjacent to an activating group) is 1. The molecule has 0 saturated carbocycles. The van der Waals surface area contributed by atoms with Crippen LogP contribution in [0.5, 0.6) is 0 Å². The highest BCUT2D eigenvalue weighted by Crippen LogP contribution is 1.95. The predicted octanol–water partition coefficient (Wildman–Crippen LogP) is -1.63. The quantitative estimate of drug-likeness (QED) is 0.591. The first kappa shape index (κ1) is 12.9. The van der Waals surface area contributed by atoms with Crippen molar-refractivity contribution in [3.05, 3.63) is 0 Å². The van der Waals surface area contributed by atoms with Crippen LogP contribution in [0.4, 0.5) is 0 Å². The molecule has 0 atom stereocenters. The first-order valence-electron chi connectivity index (χ1n) is 5.10. The second kappa shape index (κ2) is 6.41. The molecule has 1 heterocycles. The first-order valence-corrected chi connectivity index (χ1v) is 5.10. The Morgan fingerprint density at radius 2 is 1.88 bits per heavy atom. The van der Waals surface area contributed by atoms with Gasteiger partial charge in [0.25, 0.3) is 5.91 Å². The summed E-state index contributed by atoms with van der Waals surface area (Å²) < 4.78 is 4.67. The summed E-state index contributed by atoms with van der Waals surface area (Å²) in [6.45, 7) is 2.66. The number of piperazine rings is 1. The lowest BCUT2D eigenvalue weighted by Gasteiger charge is -2.32. The van der Waals surface area contributed by atoms with Gasteiger partial charge in [0.05, 0.1) is 0 Å². The van der Waals surface area contributed by atoms with Gasteiger partial charge in [0, 0.05) is 26.2 Å². The number of carbonyl (C=O) groups excluding carboxylic acids is 1. The van der Waals surface area contributed by atoms with E-state index in [1.165, 1.54) is 0 Å². The number of hydrogen-bond donors (Lipinski definition) is 2. The lowest BCUT2D eigenvalue weighted by atomic mass is 10.4. The Morgan fingerprint density at radius 3 is 2.44 bits per heavy atom. The molecule has 1 saturated heterocycles. The summed E-state index contributed by atoms with van der Waals surface area (Å²) in [7, 11) is 2.02. The Labute approximate surface area is 93.9 Å². The minimum Gasteiger partial charge on any atom is -0.480 e. The molecular formula is C9H17N3O4. The van der Waals surface area contributed by atoms with Gasteiger partial charge in [-0.05, 0) is 7.05 Å². The van der Waals surface area contributed by atoms with Crippen molar-refractivity contribution in [3.8, 4) is 0 Å². The van der Waals surface area contributed by atoms with E-state index in [0.717, 1.165) is 26.2 Å². The van der Waals surface area contributed by atoms with E-state index < -0.39 is 12.6 Å². The maximum absolute atomic E-state index is 11.3. The van der Waals surface area contributed by atoms with E-state index in [-0.39, 0.29) is 12.5 Å². The van der Waals surface area contributed by atoms with E-state index in [1.54, 1.807) is 0 Å². The van der Waals surface area contributed by atoms with E-state index in [4.69, 9.17) is 5.11 Å². The molecular weight excluding hydrogens is 214 g/mol. The third-order valence-electron chi connectivity index (χ3n) is 2.24. The van der Waals surface area contributed by atoms with Gasteiger partial charge in [-0.25, -0.2) is 9.80 Å². The predicted molar refractivity (Wildman–Crippen MR) is 55.7 cm³/mol. The molecule has 92 valence electrons. The molecule has 1 aliphatic rings. The first-order chi connectivity index (χ1) is 7.58. The minimum atomic E-state index is -1.08. The molecule has 1 amide bonds. The van der Waals surface area contributed by atoms with Crippen molar-refractivity contribution in [2.75, 3.05) is 46.4 Å².